The molecule has 2 amide bonds. The van der Waals surface area contributed by atoms with Gasteiger partial charge < -0.3 is 14.8 Å². The van der Waals surface area contributed by atoms with E-state index in [0.717, 1.165) is 25.0 Å². The van der Waals surface area contributed by atoms with Gasteiger partial charge in [0.25, 0.3) is 5.91 Å². The lowest BCUT2D eigenvalue weighted by molar-refractivity contribution is -0.128. The molecule has 1 N–H and O–H groups in total. The first kappa shape index (κ1) is 20.7. The molecule has 1 spiro atoms. The smallest absolute Gasteiger partial charge is 0.257 e. The number of methoxy groups -OCH3 is 1. The molecule has 8 heteroatoms. The van der Waals surface area contributed by atoms with E-state index in [9.17, 15) is 18.4 Å². The Morgan fingerprint density at radius 2 is 1.89 bits per heavy atom. The molecule has 1 saturated heterocycles. The lowest BCUT2D eigenvalue weighted by Crippen LogP contribution is -2.57. The van der Waals surface area contributed by atoms with E-state index < -0.39 is 29.3 Å². The van der Waals surface area contributed by atoms with Gasteiger partial charge in [0.15, 0.2) is 0 Å². The number of hydrogen-bond donors (Lipinski definition) is 1. The number of benzene rings is 1. The first-order chi connectivity index (χ1) is 13.4. The molecule has 1 aliphatic carbocycles. The van der Waals surface area contributed by atoms with E-state index in [4.69, 9.17) is 9.47 Å². The Balaban J connectivity index is 1.90. The number of rotatable bonds is 5. The maximum absolute atomic E-state index is 13.7. The number of amides is 2. The fourth-order valence-electron chi connectivity index (χ4n) is 3.99. The van der Waals surface area contributed by atoms with Gasteiger partial charge in [-0.2, -0.15) is 0 Å². The van der Waals surface area contributed by atoms with Gasteiger partial charge >= 0.3 is 0 Å². The molecular weight excluding hydrogens is 370 g/mol. The molecule has 1 aromatic rings. The second kappa shape index (κ2) is 8.53. The van der Waals surface area contributed by atoms with Crippen molar-refractivity contribution in [3.8, 4) is 0 Å². The van der Waals surface area contributed by atoms with E-state index in [1.54, 1.807) is 0 Å². The van der Waals surface area contributed by atoms with Gasteiger partial charge in [-0.05, 0) is 43.7 Å². The molecule has 1 aromatic carbocycles. The van der Waals surface area contributed by atoms with Crippen molar-refractivity contribution in [2.75, 3.05) is 26.9 Å². The minimum Gasteiger partial charge on any atom is -0.383 e. The van der Waals surface area contributed by atoms with Crippen LogP contribution in [0.25, 0.3) is 0 Å². The van der Waals surface area contributed by atoms with E-state index in [0.29, 0.717) is 38.0 Å². The molecule has 6 nitrogen and oxygen atoms in total. The number of nitrogens with zero attached hydrogens (tertiary/aromatic N) is 1. The summed E-state index contributed by atoms with van der Waals surface area (Å²) in [6, 6.07) is 1.83. The molecule has 154 valence electrons. The molecule has 1 aliphatic heterocycles. The number of carbonyl (C=O) groups is 2. The zero-order valence-corrected chi connectivity index (χ0v) is 16.2. The molecule has 0 bridgehead atoms. The zero-order valence-electron chi connectivity index (χ0n) is 16.2. The molecule has 1 heterocycles. The molecule has 1 unspecified atom stereocenters. The van der Waals surface area contributed by atoms with Crippen molar-refractivity contribution in [1.29, 1.82) is 0 Å². The monoisotopic (exact) mass is 396 g/mol. The Kier molecular flexibility index (Phi) is 6.30. The molecule has 3 rings (SSSR count). The Bertz CT molecular complexity index is 715. The highest BCUT2D eigenvalue weighted by atomic mass is 19.1. The summed E-state index contributed by atoms with van der Waals surface area (Å²) < 4.78 is 38.3. The summed E-state index contributed by atoms with van der Waals surface area (Å²) >= 11 is 0. The van der Waals surface area contributed by atoms with E-state index >= 15 is 0 Å². The third-order valence-corrected chi connectivity index (χ3v) is 5.55. The van der Waals surface area contributed by atoms with Crippen LogP contribution in [0.1, 0.15) is 43.0 Å². The fourth-order valence-corrected chi connectivity index (χ4v) is 3.99. The van der Waals surface area contributed by atoms with Crippen LogP contribution in [0.5, 0.6) is 0 Å². The average Bonchev–Trinajstić information content (AvgIpc) is 3.02. The maximum Gasteiger partial charge on any atom is 0.257 e. The van der Waals surface area contributed by atoms with Gasteiger partial charge in [-0.15, -0.1) is 0 Å². The third-order valence-electron chi connectivity index (χ3n) is 5.55. The maximum atomic E-state index is 13.7. The number of hydrogen-bond acceptors (Lipinski definition) is 4. The van der Waals surface area contributed by atoms with Crippen LogP contribution in [-0.2, 0) is 14.3 Å². The van der Waals surface area contributed by atoms with E-state index in [2.05, 4.69) is 12.2 Å². The summed E-state index contributed by atoms with van der Waals surface area (Å²) in [5.41, 5.74) is -1.05. The average molecular weight is 396 g/mol. The summed E-state index contributed by atoms with van der Waals surface area (Å²) in [5.74, 6) is -2.14. The van der Waals surface area contributed by atoms with Crippen molar-refractivity contribution in [2.24, 2.45) is 5.92 Å². The molecule has 28 heavy (non-hydrogen) atoms. The molecular formula is C20H26F2N2O4. The van der Waals surface area contributed by atoms with Crippen LogP contribution in [0, 0.1) is 17.6 Å². The lowest BCUT2D eigenvalue weighted by atomic mass is 9.83. The number of carbonyl (C=O) groups excluding carboxylic acids is 2. The van der Waals surface area contributed by atoms with Gasteiger partial charge in [0, 0.05) is 25.3 Å². The van der Waals surface area contributed by atoms with Crippen LogP contribution < -0.4 is 5.32 Å². The molecule has 2 fully saturated rings. The van der Waals surface area contributed by atoms with Gasteiger partial charge in [-0.25, -0.2) is 8.78 Å². The largest absolute Gasteiger partial charge is 0.383 e. The number of nitrogens with one attached hydrogen (secondary N) is 1. The Morgan fingerprint density at radius 1 is 1.25 bits per heavy atom. The van der Waals surface area contributed by atoms with Crippen LogP contribution in [0.4, 0.5) is 8.78 Å². The SMILES string of the molecule is COCCNC(=O)C1COC2(CCC(C)CC2)N1C(=O)c1cc(F)cc(F)c1. The molecule has 1 saturated carbocycles. The quantitative estimate of drug-likeness (QED) is 0.777. The third kappa shape index (κ3) is 4.17. The highest BCUT2D eigenvalue weighted by Gasteiger charge is 2.53. The first-order valence-corrected chi connectivity index (χ1v) is 9.56. The minimum atomic E-state index is -0.921. The van der Waals surface area contributed by atoms with Crippen LogP contribution >= 0.6 is 0 Å². The van der Waals surface area contributed by atoms with Gasteiger partial charge in [0.05, 0.1) is 13.2 Å². The second-order valence-corrected chi connectivity index (χ2v) is 7.57. The van der Waals surface area contributed by atoms with Gasteiger partial charge in [0.2, 0.25) is 5.91 Å². The van der Waals surface area contributed by atoms with Crippen molar-refractivity contribution in [2.45, 2.75) is 44.4 Å². The fraction of sp³-hybridized carbons (Fsp3) is 0.600. The Hall–Kier alpha value is -2.06. The van der Waals surface area contributed by atoms with Crippen molar-refractivity contribution in [3.05, 3.63) is 35.4 Å². The second-order valence-electron chi connectivity index (χ2n) is 7.57. The molecule has 2 aliphatic rings. The normalized spacial score (nSPS) is 27.2. The number of ether oxygens (including phenoxy) is 2. The van der Waals surface area contributed by atoms with E-state index in [1.165, 1.54) is 12.0 Å². The van der Waals surface area contributed by atoms with Crippen LogP contribution in [-0.4, -0.2) is 55.3 Å². The lowest BCUT2D eigenvalue weighted by Gasteiger charge is -2.43. The van der Waals surface area contributed by atoms with Gasteiger partial charge in [-0.1, -0.05) is 6.92 Å². The minimum absolute atomic E-state index is 0.0523. The van der Waals surface area contributed by atoms with Crippen LogP contribution in [0.2, 0.25) is 0 Å². The summed E-state index contributed by atoms with van der Waals surface area (Å²) in [5, 5.41) is 2.73. The predicted octanol–water partition coefficient (Wildman–Crippen LogP) is 2.47. The van der Waals surface area contributed by atoms with Crippen molar-refractivity contribution < 1.29 is 27.8 Å². The highest BCUT2D eigenvalue weighted by molar-refractivity contribution is 5.98. The Morgan fingerprint density at radius 3 is 2.50 bits per heavy atom. The highest BCUT2D eigenvalue weighted by Crippen LogP contribution is 2.43. The first-order valence-electron chi connectivity index (χ1n) is 9.56. The predicted molar refractivity (Wildman–Crippen MR) is 97.5 cm³/mol. The van der Waals surface area contributed by atoms with Gasteiger partial charge in [0.1, 0.15) is 23.4 Å². The van der Waals surface area contributed by atoms with E-state index in [1.807, 2.05) is 0 Å². The van der Waals surface area contributed by atoms with Crippen LogP contribution in [0.3, 0.4) is 0 Å². The van der Waals surface area contributed by atoms with E-state index in [-0.39, 0.29) is 18.1 Å². The standard InChI is InChI=1S/C20H26F2N2O4/c1-13-3-5-20(6-4-13)24(17(12-28-20)18(25)23-7-8-27-2)19(26)14-9-15(21)11-16(22)10-14/h9-11,13,17H,3-8,12H2,1-2H3,(H,23,25). The molecule has 0 radical (unpaired) electrons. The summed E-state index contributed by atoms with van der Waals surface area (Å²) in [6.07, 6.45) is 2.86. The van der Waals surface area contributed by atoms with Crippen LogP contribution in [0.15, 0.2) is 18.2 Å². The zero-order chi connectivity index (χ0) is 20.3. The topological polar surface area (TPSA) is 67.9 Å². The number of halogens is 2. The molecule has 0 aromatic heterocycles. The summed E-state index contributed by atoms with van der Waals surface area (Å²) in [7, 11) is 1.53. The van der Waals surface area contributed by atoms with Crippen molar-refractivity contribution >= 4 is 11.8 Å². The summed E-state index contributed by atoms with van der Waals surface area (Å²) in [6.45, 7) is 2.82. The van der Waals surface area contributed by atoms with Crippen molar-refractivity contribution in [1.82, 2.24) is 10.2 Å². The molecule has 1 atom stereocenters. The Labute approximate surface area is 163 Å². The summed E-state index contributed by atoms with van der Waals surface area (Å²) in [4.78, 5) is 27.4. The van der Waals surface area contributed by atoms with Gasteiger partial charge in [-0.3, -0.25) is 14.5 Å². The van der Waals surface area contributed by atoms with Crippen molar-refractivity contribution in [3.63, 3.8) is 0 Å².